The number of carbonyl (C=O) groups is 2. The van der Waals surface area contributed by atoms with Crippen LogP contribution in [0.15, 0.2) is 48.1 Å². The van der Waals surface area contributed by atoms with E-state index < -0.39 is 5.97 Å². The predicted molar refractivity (Wildman–Crippen MR) is 116 cm³/mol. The first kappa shape index (κ1) is 20.3. The van der Waals surface area contributed by atoms with Gasteiger partial charge in [-0.2, -0.15) is 0 Å². The molecular weight excluding hydrogens is 418 g/mol. The third kappa shape index (κ3) is 3.79. The lowest BCUT2D eigenvalue weighted by molar-refractivity contribution is -0.140. The molecular formula is C24H24ClNO5. The van der Waals surface area contributed by atoms with Crippen LogP contribution in [0.1, 0.15) is 43.1 Å². The average Bonchev–Trinajstić information content (AvgIpc) is 3.08. The molecule has 0 spiro atoms. The van der Waals surface area contributed by atoms with Gasteiger partial charge in [-0.05, 0) is 62.4 Å². The average molecular weight is 442 g/mol. The fraction of sp³-hybridized carbons (Fsp3) is 0.417. The first-order valence-corrected chi connectivity index (χ1v) is 10.9. The first-order chi connectivity index (χ1) is 14.8. The number of aromatic amines is 1. The number of benzene rings is 1. The topological polar surface area (TPSA) is 80.9 Å². The number of nitrogens with one attached hydrogen (secondary N) is 1. The van der Waals surface area contributed by atoms with E-state index in [0.717, 1.165) is 29.3 Å². The van der Waals surface area contributed by atoms with Crippen molar-refractivity contribution in [2.75, 3.05) is 6.61 Å². The van der Waals surface area contributed by atoms with E-state index >= 15 is 0 Å². The number of aromatic nitrogens is 1. The number of epoxide rings is 1. The highest BCUT2D eigenvalue weighted by molar-refractivity contribution is 6.31. The summed E-state index contributed by atoms with van der Waals surface area (Å²) in [5.41, 5.74) is 2.48. The lowest BCUT2D eigenvalue weighted by Crippen LogP contribution is -2.29. The number of allylic oxidation sites excluding steroid dienone is 1. The van der Waals surface area contributed by atoms with E-state index in [1.54, 1.807) is 18.2 Å². The summed E-state index contributed by atoms with van der Waals surface area (Å²) in [7, 11) is 0. The van der Waals surface area contributed by atoms with Crippen molar-refractivity contribution >= 4 is 34.4 Å². The van der Waals surface area contributed by atoms with Crippen LogP contribution in [0, 0.1) is 5.92 Å². The Hall–Kier alpha value is -2.57. The number of H-pyrrole nitrogens is 1. The minimum atomic E-state index is -0.412. The fourth-order valence-electron chi connectivity index (χ4n) is 4.70. The zero-order valence-electron chi connectivity index (χ0n) is 17.3. The van der Waals surface area contributed by atoms with E-state index in [-0.39, 0.29) is 36.3 Å². The van der Waals surface area contributed by atoms with Crippen molar-refractivity contribution in [3.05, 3.63) is 58.8 Å². The molecule has 0 saturated carbocycles. The summed E-state index contributed by atoms with van der Waals surface area (Å²) >= 11 is 6.02. The van der Waals surface area contributed by atoms with Gasteiger partial charge in [0.25, 0.3) is 0 Å². The Morgan fingerprint density at radius 1 is 1.39 bits per heavy atom. The lowest BCUT2D eigenvalue weighted by Gasteiger charge is -2.20. The molecule has 6 nitrogen and oxygen atoms in total. The minimum absolute atomic E-state index is 0.0657. The molecule has 0 bridgehead atoms. The van der Waals surface area contributed by atoms with Gasteiger partial charge < -0.3 is 19.2 Å². The Labute approximate surface area is 185 Å². The minimum Gasteiger partial charge on any atom is -0.457 e. The van der Waals surface area contributed by atoms with Crippen LogP contribution in [0.5, 0.6) is 0 Å². The van der Waals surface area contributed by atoms with Gasteiger partial charge in [0, 0.05) is 27.4 Å². The maximum Gasteiger partial charge on any atom is 0.355 e. The van der Waals surface area contributed by atoms with Crippen LogP contribution in [-0.2, 0) is 19.0 Å². The fourth-order valence-corrected chi connectivity index (χ4v) is 4.88. The Balaban J connectivity index is 1.28. The molecule has 162 valence electrons. The number of hydrogen-bond acceptors (Lipinski definition) is 5. The van der Waals surface area contributed by atoms with Crippen LogP contribution >= 0.6 is 11.6 Å². The van der Waals surface area contributed by atoms with Crippen LogP contribution in [0.25, 0.3) is 10.9 Å². The van der Waals surface area contributed by atoms with E-state index in [0.29, 0.717) is 29.1 Å². The molecule has 2 saturated heterocycles. The van der Waals surface area contributed by atoms with Gasteiger partial charge in [-0.15, -0.1) is 0 Å². The van der Waals surface area contributed by atoms with Crippen molar-refractivity contribution in [1.82, 2.24) is 4.98 Å². The molecule has 1 aliphatic carbocycles. The van der Waals surface area contributed by atoms with Gasteiger partial charge in [0.1, 0.15) is 24.5 Å². The van der Waals surface area contributed by atoms with Crippen molar-refractivity contribution in [2.24, 2.45) is 5.92 Å². The summed E-state index contributed by atoms with van der Waals surface area (Å²) in [6.45, 7) is 6.20. The molecule has 1 aromatic carbocycles. The molecule has 4 atom stereocenters. The Kier molecular flexibility index (Phi) is 4.94. The van der Waals surface area contributed by atoms with Gasteiger partial charge in [0.2, 0.25) is 0 Å². The molecule has 1 N–H and O–H groups in total. The van der Waals surface area contributed by atoms with E-state index in [1.807, 2.05) is 6.07 Å². The summed E-state index contributed by atoms with van der Waals surface area (Å²) in [6, 6.07) is 7.15. The van der Waals surface area contributed by atoms with E-state index in [1.165, 1.54) is 0 Å². The Bertz CT molecular complexity index is 1120. The van der Waals surface area contributed by atoms with Crippen LogP contribution in [-0.4, -0.2) is 41.3 Å². The molecule has 0 unspecified atom stereocenters. The van der Waals surface area contributed by atoms with E-state index in [9.17, 15) is 9.59 Å². The Morgan fingerprint density at radius 2 is 2.23 bits per heavy atom. The third-order valence-electron chi connectivity index (χ3n) is 6.63. The van der Waals surface area contributed by atoms with E-state index in [4.69, 9.17) is 25.8 Å². The molecule has 5 rings (SSSR count). The zero-order valence-corrected chi connectivity index (χ0v) is 18.0. The lowest BCUT2D eigenvalue weighted by atomic mass is 9.84. The van der Waals surface area contributed by atoms with Crippen molar-refractivity contribution < 1.29 is 23.8 Å². The van der Waals surface area contributed by atoms with Gasteiger partial charge in [0.05, 0.1) is 5.60 Å². The molecule has 2 aromatic rings. The molecule has 0 amide bonds. The van der Waals surface area contributed by atoms with Gasteiger partial charge in [-0.25, -0.2) is 9.59 Å². The third-order valence-corrected chi connectivity index (χ3v) is 6.87. The van der Waals surface area contributed by atoms with Gasteiger partial charge >= 0.3 is 11.9 Å². The summed E-state index contributed by atoms with van der Waals surface area (Å²) in [5.74, 6) is -0.817. The Morgan fingerprint density at radius 3 is 3.06 bits per heavy atom. The number of halogens is 1. The summed E-state index contributed by atoms with van der Waals surface area (Å²) in [6.07, 6.45) is 4.84. The normalized spacial score (nSPS) is 31.9. The van der Waals surface area contributed by atoms with Crippen molar-refractivity contribution in [2.45, 2.75) is 50.4 Å². The first-order valence-electron chi connectivity index (χ1n) is 10.5. The molecule has 1 aromatic heterocycles. The zero-order chi connectivity index (χ0) is 21.8. The highest BCUT2D eigenvalue weighted by atomic mass is 35.5. The largest absolute Gasteiger partial charge is 0.457 e. The number of fused-ring (bicyclic) bond motifs is 4. The van der Waals surface area contributed by atoms with Crippen molar-refractivity contribution in [3.63, 3.8) is 0 Å². The van der Waals surface area contributed by atoms with Crippen LogP contribution < -0.4 is 0 Å². The molecule has 2 fully saturated rings. The number of rotatable bonds is 3. The number of esters is 2. The second kappa shape index (κ2) is 7.53. The summed E-state index contributed by atoms with van der Waals surface area (Å²) in [4.78, 5) is 27.7. The maximum absolute atomic E-state index is 12.6. The van der Waals surface area contributed by atoms with E-state index in [2.05, 4.69) is 24.6 Å². The maximum atomic E-state index is 12.6. The number of carbonyl (C=O) groups excluding carboxylic acids is 2. The quantitative estimate of drug-likeness (QED) is 0.322. The molecule has 31 heavy (non-hydrogen) atoms. The summed E-state index contributed by atoms with van der Waals surface area (Å²) < 4.78 is 17.1. The van der Waals surface area contributed by atoms with Crippen LogP contribution in [0.2, 0.25) is 5.02 Å². The van der Waals surface area contributed by atoms with Crippen LogP contribution in [0.4, 0.5) is 0 Å². The van der Waals surface area contributed by atoms with Crippen molar-refractivity contribution in [1.29, 1.82) is 0 Å². The van der Waals surface area contributed by atoms with Crippen LogP contribution in [0.3, 0.4) is 0 Å². The molecule has 0 radical (unpaired) electrons. The number of hydrogen-bond donors (Lipinski definition) is 1. The van der Waals surface area contributed by atoms with Gasteiger partial charge in [0.15, 0.2) is 0 Å². The molecule has 3 heterocycles. The molecule has 2 aliphatic heterocycles. The summed E-state index contributed by atoms with van der Waals surface area (Å²) in [5, 5.41) is 1.47. The molecule has 7 heteroatoms. The number of ether oxygens (including phenoxy) is 3. The monoisotopic (exact) mass is 441 g/mol. The molecule has 3 aliphatic rings. The highest BCUT2D eigenvalue weighted by Crippen LogP contribution is 2.49. The van der Waals surface area contributed by atoms with Gasteiger partial charge in [-0.3, -0.25) is 0 Å². The second-order valence-electron chi connectivity index (χ2n) is 8.78. The standard InChI is InChI=1S/C24H24ClNO5/c1-13-17-7-5-14(4-3-9-24(2)21(31-24)20(17)30-22(13)27)12-29-23(28)19-11-15-10-16(25)6-8-18(15)26-19/h4,6,8,10-11,17,20-21,26H,1,3,5,7,9,12H2,2H3/b14-4+/t17-,20-,21-,24+/m0/s1. The predicted octanol–water partition coefficient (Wildman–Crippen LogP) is 4.73. The second-order valence-corrected chi connectivity index (χ2v) is 9.22. The van der Waals surface area contributed by atoms with Crippen molar-refractivity contribution in [3.8, 4) is 0 Å². The van der Waals surface area contributed by atoms with Gasteiger partial charge in [-0.1, -0.05) is 24.3 Å². The highest BCUT2D eigenvalue weighted by Gasteiger charge is 2.61. The SMILES string of the molecule is C=C1C(=O)O[C@H]2[C@H]1CC/C(COC(=O)c1cc3cc(Cl)ccc3[nH]1)=C\CC[C@@]1(C)O[C@@H]21. The smallest absolute Gasteiger partial charge is 0.355 e.